The predicted molar refractivity (Wildman–Crippen MR) is 157 cm³/mol. The number of hydrogen-bond acceptors (Lipinski definition) is 4. The fourth-order valence-electron chi connectivity index (χ4n) is 4.78. The molecule has 6 heteroatoms. The van der Waals surface area contributed by atoms with Crippen molar-refractivity contribution in [1.82, 2.24) is 0 Å². The molecule has 1 aliphatic carbocycles. The van der Waals surface area contributed by atoms with Gasteiger partial charge in [-0.1, -0.05) is 63.1 Å². The van der Waals surface area contributed by atoms with Crippen molar-refractivity contribution >= 4 is 23.7 Å². The molecule has 1 aliphatic heterocycles. The van der Waals surface area contributed by atoms with Crippen molar-refractivity contribution in [2.45, 2.75) is 84.1 Å². The van der Waals surface area contributed by atoms with Crippen LogP contribution in [0.5, 0.6) is 0 Å². The lowest BCUT2D eigenvalue weighted by atomic mass is 9.96. The molecule has 3 rings (SSSR count). The topological polar surface area (TPSA) is 67.6 Å². The number of anilines is 2. The van der Waals surface area contributed by atoms with Gasteiger partial charge >= 0.3 is 0 Å². The van der Waals surface area contributed by atoms with E-state index in [1.165, 1.54) is 56.9 Å². The van der Waals surface area contributed by atoms with Crippen LogP contribution in [0.1, 0.15) is 83.3 Å². The first-order valence-corrected chi connectivity index (χ1v) is 13.6. The van der Waals surface area contributed by atoms with Gasteiger partial charge in [-0.15, -0.1) is 0 Å². The highest BCUT2D eigenvalue weighted by Crippen LogP contribution is 2.31. The van der Waals surface area contributed by atoms with Crippen LogP contribution in [0.15, 0.2) is 59.8 Å². The van der Waals surface area contributed by atoms with Crippen LogP contribution in [0, 0.1) is 5.92 Å². The maximum absolute atomic E-state index is 13.7. The van der Waals surface area contributed by atoms with Crippen LogP contribution in [-0.2, 0) is 0 Å². The molecule has 1 atom stereocenters. The summed E-state index contributed by atoms with van der Waals surface area (Å²) in [6.07, 6.45) is 22.0. The van der Waals surface area contributed by atoms with Crippen molar-refractivity contribution in [3.05, 3.63) is 65.9 Å². The van der Waals surface area contributed by atoms with Gasteiger partial charge in [-0.05, 0) is 68.8 Å². The minimum Gasteiger partial charge on any atom is -0.405 e. The average molecular weight is 513 g/mol. The number of piperidine rings is 1. The zero-order valence-electron chi connectivity index (χ0n) is 22.9. The summed E-state index contributed by atoms with van der Waals surface area (Å²) >= 11 is 0. The van der Waals surface area contributed by atoms with Crippen molar-refractivity contribution in [2.75, 3.05) is 23.7 Å². The van der Waals surface area contributed by atoms with E-state index < -0.39 is 5.92 Å². The molecule has 1 saturated carbocycles. The van der Waals surface area contributed by atoms with E-state index in [4.69, 9.17) is 10.7 Å². The molecule has 204 valence electrons. The van der Waals surface area contributed by atoms with E-state index in [0.717, 1.165) is 55.4 Å². The molecule has 1 unspecified atom stereocenters. The van der Waals surface area contributed by atoms with Crippen LogP contribution in [0.4, 0.5) is 20.2 Å². The molecule has 2 aliphatic rings. The minimum atomic E-state index is -2.83. The second-order valence-corrected chi connectivity index (χ2v) is 10.1. The quantitative estimate of drug-likeness (QED) is 0.211. The van der Waals surface area contributed by atoms with Crippen LogP contribution < -0.4 is 16.4 Å². The molecular weight excluding hydrogens is 466 g/mol. The van der Waals surface area contributed by atoms with Gasteiger partial charge in [-0.3, -0.25) is 4.99 Å². The second-order valence-electron chi connectivity index (χ2n) is 10.1. The molecule has 1 aromatic rings. The number of rotatable bonds is 8. The second kappa shape index (κ2) is 15.4. The number of aliphatic imine (C=N–C) groups is 1. The Morgan fingerprint density at radius 3 is 2.30 bits per heavy atom. The first-order valence-electron chi connectivity index (χ1n) is 13.6. The van der Waals surface area contributed by atoms with Gasteiger partial charge in [0.25, 0.3) is 5.92 Å². The highest BCUT2D eigenvalue weighted by molar-refractivity contribution is 5.91. The standard InChI is InChI=1S/C29H41F2N3.C2H5N/c1-4-25(29(3,30)31)16-14-22(2)13-15-23-19-24(21-33-26-11-7-5-8-12-26)27(32)20-28(23)34-17-9-6-10-18-34;1-2-3/h4,13-16,19-22,26H,5-12,17-18,32H2,1-3H3;2H,1,3H2/b15-13+,16-14-,25-4-,33-21?;. The number of hydrogen-bond donors (Lipinski definition) is 2. The molecule has 0 radical (unpaired) electrons. The third kappa shape index (κ3) is 10.2. The Kier molecular flexibility index (Phi) is 12.6. The minimum absolute atomic E-state index is 0.0171. The monoisotopic (exact) mass is 512 g/mol. The fraction of sp³-hybridized carbons (Fsp3) is 0.516. The first-order chi connectivity index (χ1) is 17.7. The molecular formula is C31H46F2N4. The molecule has 2 fully saturated rings. The number of halogens is 2. The van der Waals surface area contributed by atoms with E-state index in [-0.39, 0.29) is 11.5 Å². The summed E-state index contributed by atoms with van der Waals surface area (Å²) in [6.45, 7) is 9.79. The fourth-order valence-corrected chi connectivity index (χ4v) is 4.78. The number of nitrogen functional groups attached to an aromatic ring is 1. The zero-order chi connectivity index (χ0) is 27.3. The average Bonchev–Trinajstić information content (AvgIpc) is 2.88. The summed E-state index contributed by atoms with van der Waals surface area (Å²) < 4.78 is 27.3. The van der Waals surface area contributed by atoms with E-state index in [1.54, 1.807) is 6.92 Å². The first kappa shape index (κ1) is 30.3. The van der Waals surface area contributed by atoms with Gasteiger partial charge in [0, 0.05) is 54.8 Å². The van der Waals surface area contributed by atoms with Gasteiger partial charge < -0.3 is 16.4 Å². The molecule has 0 amide bonds. The Morgan fingerprint density at radius 2 is 1.70 bits per heavy atom. The molecule has 4 N–H and O–H groups in total. The summed E-state index contributed by atoms with van der Waals surface area (Å²) in [5.74, 6) is -2.82. The Bertz CT molecular complexity index is 960. The van der Waals surface area contributed by atoms with Crippen LogP contribution in [0.3, 0.4) is 0 Å². The molecule has 0 aromatic heterocycles. The van der Waals surface area contributed by atoms with Crippen LogP contribution in [0.25, 0.3) is 6.08 Å². The Morgan fingerprint density at radius 1 is 1.08 bits per heavy atom. The highest BCUT2D eigenvalue weighted by Gasteiger charge is 2.24. The summed E-state index contributed by atoms with van der Waals surface area (Å²) in [4.78, 5) is 7.26. The number of allylic oxidation sites excluding steroid dienone is 5. The van der Waals surface area contributed by atoms with E-state index in [2.05, 4.69) is 41.5 Å². The van der Waals surface area contributed by atoms with Crippen LogP contribution in [0.2, 0.25) is 0 Å². The van der Waals surface area contributed by atoms with E-state index >= 15 is 0 Å². The molecule has 1 saturated heterocycles. The van der Waals surface area contributed by atoms with Crippen LogP contribution >= 0.6 is 0 Å². The summed E-state index contributed by atoms with van der Waals surface area (Å²) in [6, 6.07) is 4.62. The van der Waals surface area contributed by atoms with Gasteiger partial charge in [0.15, 0.2) is 0 Å². The Balaban J connectivity index is 0.00000153. The molecule has 0 bridgehead atoms. The lowest BCUT2D eigenvalue weighted by molar-refractivity contribution is 0.0673. The van der Waals surface area contributed by atoms with Crippen molar-refractivity contribution in [1.29, 1.82) is 0 Å². The number of nitrogens with zero attached hydrogens (tertiary/aromatic N) is 2. The summed E-state index contributed by atoms with van der Waals surface area (Å²) in [5.41, 5.74) is 15.1. The normalized spacial score (nSPS) is 18.8. The maximum Gasteiger partial charge on any atom is 0.270 e. The van der Waals surface area contributed by atoms with E-state index in [1.807, 2.05) is 19.2 Å². The lowest BCUT2D eigenvalue weighted by Gasteiger charge is -2.30. The lowest BCUT2D eigenvalue weighted by Crippen LogP contribution is -2.30. The predicted octanol–water partition coefficient (Wildman–Crippen LogP) is 7.91. The molecule has 4 nitrogen and oxygen atoms in total. The zero-order valence-corrected chi connectivity index (χ0v) is 22.9. The number of alkyl halides is 2. The summed E-state index contributed by atoms with van der Waals surface area (Å²) in [7, 11) is 0. The summed E-state index contributed by atoms with van der Waals surface area (Å²) in [5, 5.41) is 0. The van der Waals surface area contributed by atoms with Crippen molar-refractivity contribution in [3.63, 3.8) is 0 Å². The number of nitrogens with two attached hydrogens (primary N) is 2. The van der Waals surface area contributed by atoms with E-state index in [9.17, 15) is 8.78 Å². The third-order valence-electron chi connectivity index (χ3n) is 6.90. The van der Waals surface area contributed by atoms with Crippen molar-refractivity contribution in [2.24, 2.45) is 16.6 Å². The Labute approximate surface area is 222 Å². The Hall–Kier alpha value is -2.89. The van der Waals surface area contributed by atoms with E-state index in [0.29, 0.717) is 6.04 Å². The number of benzene rings is 1. The van der Waals surface area contributed by atoms with Crippen molar-refractivity contribution < 1.29 is 8.78 Å². The van der Waals surface area contributed by atoms with Gasteiger partial charge in [0.1, 0.15) is 0 Å². The molecule has 0 spiro atoms. The van der Waals surface area contributed by atoms with Crippen LogP contribution in [-0.4, -0.2) is 31.3 Å². The maximum atomic E-state index is 13.7. The van der Waals surface area contributed by atoms with Crippen molar-refractivity contribution in [3.8, 4) is 0 Å². The molecule has 37 heavy (non-hydrogen) atoms. The SMILES string of the molecule is C/C=C(/C=C\C(C)/C=C/c1cc(C=NC2CCCCC2)c(N)cc1N1CCCCC1)C(C)(F)F.C=CN. The van der Waals surface area contributed by atoms with Gasteiger partial charge in [-0.25, -0.2) is 8.78 Å². The van der Waals surface area contributed by atoms with Gasteiger partial charge in [0.05, 0.1) is 0 Å². The smallest absolute Gasteiger partial charge is 0.270 e. The third-order valence-corrected chi connectivity index (χ3v) is 6.90. The molecule has 1 heterocycles. The highest BCUT2D eigenvalue weighted by atomic mass is 19.3. The largest absolute Gasteiger partial charge is 0.405 e. The van der Waals surface area contributed by atoms with Gasteiger partial charge in [-0.2, -0.15) is 0 Å². The molecule has 1 aromatic carbocycles. The van der Waals surface area contributed by atoms with Gasteiger partial charge in [0.2, 0.25) is 0 Å².